The number of ether oxygens (including phenoxy) is 3. The molecule has 0 bridgehead atoms. The molecule has 0 radical (unpaired) electrons. The number of likely N-dealkylation sites (N-methyl/N-ethyl adjacent to an activating group) is 1. The van der Waals surface area contributed by atoms with Crippen LogP contribution in [0, 0.1) is 0 Å². The van der Waals surface area contributed by atoms with Crippen LogP contribution in [0.25, 0.3) is 0 Å². The molecule has 0 saturated carbocycles. The van der Waals surface area contributed by atoms with E-state index in [2.05, 4.69) is 98.9 Å². The van der Waals surface area contributed by atoms with Crippen molar-refractivity contribution < 1.29 is 38.2 Å². The molecule has 0 aromatic rings. The Hall–Kier alpha value is -3.75. The molecular formula is C48H77NO7. The van der Waals surface area contributed by atoms with E-state index >= 15 is 0 Å². The highest BCUT2D eigenvalue weighted by molar-refractivity contribution is 5.70. The van der Waals surface area contributed by atoms with Crippen molar-refractivity contribution >= 4 is 17.9 Å². The Balaban J connectivity index is 4.54. The first-order chi connectivity index (χ1) is 27.1. The predicted molar refractivity (Wildman–Crippen MR) is 231 cm³/mol. The fraction of sp³-hybridized carbons (Fsp3) is 0.604. The number of carbonyl (C=O) groups is 3. The van der Waals surface area contributed by atoms with Gasteiger partial charge >= 0.3 is 11.9 Å². The standard InChI is InChI=1S/C48H77NO7/c1-6-8-10-12-14-16-18-20-21-22-23-24-25-27-29-31-33-35-37-39-47(51)56-44(42-54-41-40-45(48(52)53)49(3,4)5)43-55-46(50)38-36-34-32-30-28-26-19-17-15-13-11-9-7-2/h8,10-11,13-14,16-17,19-21,23-24,27,29,33,35,44-45H,6-7,9,12,15,18,22,25-26,28,30-32,34,36-43H2,1-5H3/b10-8-,13-11-,16-14-,19-17-,21-20-,24-23-,29-27-,35-33-. The Morgan fingerprint density at radius 2 is 1.04 bits per heavy atom. The summed E-state index contributed by atoms with van der Waals surface area (Å²) in [7, 11) is 5.36. The van der Waals surface area contributed by atoms with Crippen molar-refractivity contribution in [2.75, 3.05) is 41.0 Å². The maximum atomic E-state index is 12.7. The highest BCUT2D eigenvalue weighted by Crippen LogP contribution is 2.11. The van der Waals surface area contributed by atoms with Crippen LogP contribution in [0.3, 0.4) is 0 Å². The number of allylic oxidation sites excluding steroid dienone is 16. The summed E-state index contributed by atoms with van der Waals surface area (Å²) in [6.07, 6.45) is 50.2. The predicted octanol–water partition coefficient (Wildman–Crippen LogP) is 10.2. The van der Waals surface area contributed by atoms with Gasteiger partial charge in [0.05, 0.1) is 40.3 Å². The summed E-state index contributed by atoms with van der Waals surface area (Å²) in [4.78, 5) is 36.8. The molecule has 0 aromatic heterocycles. The van der Waals surface area contributed by atoms with Crippen LogP contribution in [0.2, 0.25) is 0 Å². The van der Waals surface area contributed by atoms with Gasteiger partial charge in [-0.05, 0) is 77.0 Å². The third kappa shape index (κ3) is 35.9. The minimum atomic E-state index is -1.14. The molecule has 0 aliphatic rings. The van der Waals surface area contributed by atoms with Crippen molar-refractivity contribution in [1.29, 1.82) is 0 Å². The molecule has 0 N–H and O–H groups in total. The van der Waals surface area contributed by atoms with E-state index in [1.54, 1.807) is 21.1 Å². The fourth-order valence-electron chi connectivity index (χ4n) is 5.43. The monoisotopic (exact) mass is 780 g/mol. The number of nitrogens with zero attached hydrogens (tertiary/aromatic N) is 1. The Kier molecular flexibility index (Phi) is 35.6. The molecule has 0 saturated heterocycles. The van der Waals surface area contributed by atoms with Gasteiger partial charge in [-0.25, -0.2) is 0 Å². The van der Waals surface area contributed by atoms with Crippen LogP contribution in [0.5, 0.6) is 0 Å². The first kappa shape index (κ1) is 52.2. The second-order valence-corrected chi connectivity index (χ2v) is 14.8. The van der Waals surface area contributed by atoms with Gasteiger partial charge in [0.15, 0.2) is 6.10 Å². The molecule has 56 heavy (non-hydrogen) atoms. The maximum Gasteiger partial charge on any atom is 0.306 e. The van der Waals surface area contributed by atoms with Crippen LogP contribution in [0.15, 0.2) is 97.2 Å². The van der Waals surface area contributed by atoms with Gasteiger partial charge in [-0.2, -0.15) is 0 Å². The first-order valence-corrected chi connectivity index (χ1v) is 21.3. The number of quaternary nitrogens is 1. The summed E-state index contributed by atoms with van der Waals surface area (Å²) in [6, 6.07) is -0.746. The van der Waals surface area contributed by atoms with E-state index in [1.807, 2.05) is 12.2 Å². The second kappa shape index (κ2) is 38.1. The largest absolute Gasteiger partial charge is 0.544 e. The molecule has 8 nitrogen and oxygen atoms in total. The Morgan fingerprint density at radius 1 is 0.554 bits per heavy atom. The Morgan fingerprint density at radius 3 is 1.55 bits per heavy atom. The van der Waals surface area contributed by atoms with Crippen LogP contribution in [-0.2, 0) is 28.6 Å². The van der Waals surface area contributed by atoms with Crippen LogP contribution >= 0.6 is 0 Å². The molecule has 8 heteroatoms. The van der Waals surface area contributed by atoms with E-state index in [-0.39, 0.29) is 43.1 Å². The molecule has 0 fully saturated rings. The highest BCUT2D eigenvalue weighted by atomic mass is 16.6. The summed E-state index contributed by atoms with van der Waals surface area (Å²) in [6.45, 7) is 4.36. The topological polar surface area (TPSA) is 102 Å². The van der Waals surface area contributed by atoms with Gasteiger partial charge in [0.1, 0.15) is 12.6 Å². The average Bonchev–Trinajstić information content (AvgIpc) is 3.15. The smallest absolute Gasteiger partial charge is 0.306 e. The van der Waals surface area contributed by atoms with Crippen LogP contribution in [-0.4, -0.2) is 75.5 Å². The van der Waals surface area contributed by atoms with Crippen LogP contribution in [0.4, 0.5) is 0 Å². The number of carbonyl (C=O) groups excluding carboxylic acids is 3. The molecular weight excluding hydrogens is 703 g/mol. The van der Waals surface area contributed by atoms with E-state index in [0.29, 0.717) is 12.8 Å². The first-order valence-electron chi connectivity index (χ1n) is 21.3. The molecule has 0 aliphatic heterocycles. The lowest BCUT2D eigenvalue weighted by Gasteiger charge is -2.34. The molecule has 0 heterocycles. The van der Waals surface area contributed by atoms with Gasteiger partial charge < -0.3 is 28.6 Å². The van der Waals surface area contributed by atoms with Crippen LogP contribution < -0.4 is 5.11 Å². The van der Waals surface area contributed by atoms with Gasteiger partial charge in [-0.1, -0.05) is 137 Å². The normalized spacial score (nSPS) is 13.9. The Bertz CT molecular complexity index is 1230. The van der Waals surface area contributed by atoms with Crippen molar-refractivity contribution in [2.45, 2.75) is 148 Å². The van der Waals surface area contributed by atoms with E-state index in [4.69, 9.17) is 14.2 Å². The molecule has 2 atom stereocenters. The number of rotatable bonds is 36. The molecule has 2 unspecified atom stereocenters. The van der Waals surface area contributed by atoms with Crippen molar-refractivity contribution in [3.63, 3.8) is 0 Å². The summed E-state index contributed by atoms with van der Waals surface area (Å²) in [5.41, 5.74) is 0. The average molecular weight is 780 g/mol. The SMILES string of the molecule is CC/C=C\C/C=C\C/C=C\C/C=C\C/C=C\C/C=C\CCC(=O)OC(COCCC(C(=O)[O-])[N+](C)(C)C)COC(=O)CCCCCCC/C=C\C/C=C\CCC. The summed E-state index contributed by atoms with van der Waals surface area (Å²) < 4.78 is 17.0. The minimum absolute atomic E-state index is 0.000679. The lowest BCUT2D eigenvalue weighted by molar-refractivity contribution is -0.889. The number of hydrogen-bond acceptors (Lipinski definition) is 7. The Labute approximate surface area is 341 Å². The van der Waals surface area contributed by atoms with Crippen LogP contribution in [0.1, 0.15) is 136 Å². The van der Waals surface area contributed by atoms with Crippen molar-refractivity contribution in [1.82, 2.24) is 0 Å². The number of esters is 2. The molecule has 0 aliphatic carbocycles. The molecule has 0 aromatic carbocycles. The summed E-state index contributed by atoms with van der Waals surface area (Å²) >= 11 is 0. The quantitative estimate of drug-likeness (QED) is 0.0270. The van der Waals surface area contributed by atoms with Crippen molar-refractivity contribution in [3.8, 4) is 0 Å². The van der Waals surface area contributed by atoms with E-state index < -0.39 is 24.1 Å². The fourth-order valence-corrected chi connectivity index (χ4v) is 5.43. The number of unbranched alkanes of at least 4 members (excludes halogenated alkanes) is 6. The van der Waals surface area contributed by atoms with E-state index in [9.17, 15) is 19.5 Å². The molecule has 0 rings (SSSR count). The number of aliphatic carboxylic acids is 1. The zero-order valence-electron chi connectivity index (χ0n) is 35.8. The number of hydrogen-bond donors (Lipinski definition) is 0. The van der Waals surface area contributed by atoms with E-state index in [1.165, 1.54) is 6.42 Å². The number of carboxylic acids is 1. The van der Waals surface area contributed by atoms with Gasteiger partial charge in [-0.15, -0.1) is 0 Å². The summed E-state index contributed by atoms with van der Waals surface area (Å²) in [5.74, 6) is -1.88. The van der Waals surface area contributed by atoms with Crippen molar-refractivity contribution in [2.24, 2.45) is 0 Å². The van der Waals surface area contributed by atoms with Gasteiger partial charge in [0, 0.05) is 19.3 Å². The second-order valence-electron chi connectivity index (χ2n) is 14.8. The maximum absolute atomic E-state index is 12.7. The van der Waals surface area contributed by atoms with Gasteiger partial charge in [0.25, 0.3) is 0 Å². The van der Waals surface area contributed by atoms with Gasteiger partial charge in [-0.3, -0.25) is 9.59 Å². The zero-order valence-corrected chi connectivity index (χ0v) is 35.8. The molecule has 0 spiro atoms. The third-order valence-corrected chi connectivity index (χ3v) is 8.70. The van der Waals surface area contributed by atoms with Crippen molar-refractivity contribution in [3.05, 3.63) is 97.2 Å². The summed E-state index contributed by atoms with van der Waals surface area (Å²) in [5, 5.41) is 11.6. The highest BCUT2D eigenvalue weighted by Gasteiger charge is 2.25. The number of carboxylic acid groups (broad SMARTS) is 1. The van der Waals surface area contributed by atoms with Gasteiger partial charge in [0.2, 0.25) is 0 Å². The third-order valence-electron chi connectivity index (χ3n) is 8.70. The molecule has 316 valence electrons. The molecule has 0 amide bonds. The minimum Gasteiger partial charge on any atom is -0.544 e. The zero-order chi connectivity index (χ0) is 41.4. The van der Waals surface area contributed by atoms with E-state index in [0.717, 1.165) is 89.9 Å². The lowest BCUT2D eigenvalue weighted by Crippen LogP contribution is -2.55. The lowest BCUT2D eigenvalue weighted by atomic mass is 10.1.